The molecule has 1 atom stereocenters. The lowest BCUT2D eigenvalue weighted by atomic mass is 10.0. The molecule has 130 valence electrons. The number of nitrogens with zero attached hydrogens (tertiary/aromatic N) is 2. The lowest BCUT2D eigenvalue weighted by molar-refractivity contribution is -0.137. The van der Waals surface area contributed by atoms with Crippen LogP contribution in [0.1, 0.15) is 37.3 Å². The molecule has 2 heterocycles. The van der Waals surface area contributed by atoms with Crippen LogP contribution < -0.4 is 5.56 Å². The van der Waals surface area contributed by atoms with Crippen molar-refractivity contribution in [1.29, 1.82) is 5.26 Å². The number of pyridine rings is 1. The zero-order valence-corrected chi connectivity index (χ0v) is 14.1. The monoisotopic (exact) mass is 365 g/mol. The van der Waals surface area contributed by atoms with E-state index in [1.807, 2.05) is 6.92 Å². The van der Waals surface area contributed by atoms with Gasteiger partial charge in [-0.3, -0.25) is 9.79 Å². The van der Waals surface area contributed by atoms with Gasteiger partial charge in [0.2, 0.25) is 0 Å². The molecule has 1 aliphatic carbocycles. The van der Waals surface area contributed by atoms with Crippen LogP contribution in [0.3, 0.4) is 0 Å². The summed E-state index contributed by atoms with van der Waals surface area (Å²) in [7, 11) is 0. The highest BCUT2D eigenvalue weighted by atomic mass is 32.1. The summed E-state index contributed by atoms with van der Waals surface area (Å²) in [5.41, 5.74) is -2.95. The molecule has 4 nitrogen and oxygen atoms in total. The Bertz CT molecular complexity index is 920. The molecule has 0 radical (unpaired) electrons. The molecule has 1 aliphatic rings. The highest BCUT2D eigenvalue weighted by molar-refractivity contribution is 7.13. The number of hydrogen-bond donors (Lipinski definition) is 1. The quantitative estimate of drug-likeness (QED) is 0.823. The van der Waals surface area contributed by atoms with Crippen LogP contribution in [-0.2, 0) is 6.18 Å². The molecule has 1 saturated carbocycles. The number of rotatable bonds is 2. The third kappa shape index (κ3) is 3.37. The SMILES string of the molecule is CC1CCC(=Nc2c(-c3cccs3)[nH]c(=O)c(C#N)c2C(F)(F)F)C1. The van der Waals surface area contributed by atoms with E-state index < -0.39 is 22.9 Å². The lowest BCUT2D eigenvalue weighted by Crippen LogP contribution is -2.20. The molecule has 0 saturated heterocycles. The van der Waals surface area contributed by atoms with Gasteiger partial charge in [-0.15, -0.1) is 11.3 Å². The summed E-state index contributed by atoms with van der Waals surface area (Å²) in [4.78, 5) is 19.2. The number of nitrogens with one attached hydrogen (secondary N) is 1. The molecule has 2 aromatic rings. The summed E-state index contributed by atoms with van der Waals surface area (Å²) in [5.74, 6) is 0.358. The maximum atomic E-state index is 13.7. The maximum absolute atomic E-state index is 13.7. The van der Waals surface area contributed by atoms with Gasteiger partial charge in [-0.25, -0.2) is 0 Å². The van der Waals surface area contributed by atoms with Crippen molar-refractivity contribution in [3.05, 3.63) is 39.0 Å². The molecule has 0 amide bonds. The minimum atomic E-state index is -4.85. The largest absolute Gasteiger partial charge is 0.420 e. The zero-order chi connectivity index (χ0) is 18.2. The topological polar surface area (TPSA) is 69.0 Å². The fraction of sp³-hybridized carbons (Fsp3) is 0.353. The van der Waals surface area contributed by atoms with E-state index in [-0.39, 0.29) is 11.4 Å². The van der Waals surface area contributed by atoms with Gasteiger partial charge in [0.1, 0.15) is 22.9 Å². The Morgan fingerprint density at radius 1 is 1.44 bits per heavy atom. The van der Waals surface area contributed by atoms with Gasteiger partial charge >= 0.3 is 6.18 Å². The Labute approximate surface area is 145 Å². The minimum Gasteiger partial charge on any atom is -0.318 e. The van der Waals surface area contributed by atoms with Crippen LogP contribution in [0.4, 0.5) is 18.9 Å². The summed E-state index contributed by atoms with van der Waals surface area (Å²) >= 11 is 1.20. The number of aromatic nitrogens is 1. The molecule has 0 spiro atoms. The highest BCUT2D eigenvalue weighted by Crippen LogP contribution is 2.43. The van der Waals surface area contributed by atoms with Crippen molar-refractivity contribution in [1.82, 2.24) is 4.98 Å². The van der Waals surface area contributed by atoms with Gasteiger partial charge in [0.15, 0.2) is 0 Å². The molecular weight excluding hydrogens is 351 g/mol. The zero-order valence-electron chi connectivity index (χ0n) is 13.3. The molecule has 1 N–H and O–H groups in total. The van der Waals surface area contributed by atoms with Crippen LogP contribution in [0, 0.1) is 17.2 Å². The maximum Gasteiger partial charge on any atom is 0.420 e. The number of nitriles is 1. The first kappa shape index (κ1) is 17.4. The van der Waals surface area contributed by atoms with Crippen LogP contribution in [0.15, 0.2) is 27.3 Å². The summed E-state index contributed by atoms with van der Waals surface area (Å²) in [6.07, 6.45) is -2.76. The number of thiophene rings is 1. The van der Waals surface area contributed by atoms with Gasteiger partial charge in [-0.2, -0.15) is 18.4 Å². The Morgan fingerprint density at radius 3 is 2.72 bits per heavy atom. The van der Waals surface area contributed by atoms with Crippen LogP contribution >= 0.6 is 11.3 Å². The van der Waals surface area contributed by atoms with Crippen molar-refractivity contribution < 1.29 is 13.2 Å². The Hall–Kier alpha value is -2.40. The highest BCUT2D eigenvalue weighted by Gasteiger charge is 2.40. The van der Waals surface area contributed by atoms with E-state index in [0.29, 0.717) is 29.3 Å². The van der Waals surface area contributed by atoms with Gasteiger partial charge in [-0.1, -0.05) is 13.0 Å². The van der Waals surface area contributed by atoms with E-state index in [1.54, 1.807) is 17.5 Å². The first-order chi connectivity index (χ1) is 11.8. The summed E-state index contributed by atoms with van der Waals surface area (Å²) in [5, 5.41) is 10.8. The van der Waals surface area contributed by atoms with Crippen molar-refractivity contribution >= 4 is 22.7 Å². The van der Waals surface area contributed by atoms with Crippen LogP contribution in [0.5, 0.6) is 0 Å². The molecule has 1 fully saturated rings. The van der Waals surface area contributed by atoms with E-state index in [9.17, 15) is 18.0 Å². The average Bonchev–Trinajstić information content (AvgIpc) is 3.18. The number of hydrogen-bond acceptors (Lipinski definition) is 4. The van der Waals surface area contributed by atoms with Crippen molar-refractivity contribution in [2.45, 2.75) is 32.4 Å². The number of aromatic amines is 1. The lowest BCUT2D eigenvalue weighted by Gasteiger charge is -2.15. The van der Waals surface area contributed by atoms with E-state index in [4.69, 9.17) is 5.26 Å². The van der Waals surface area contributed by atoms with Crippen LogP contribution in [0.25, 0.3) is 10.6 Å². The Kier molecular flexibility index (Phi) is 4.52. The fourth-order valence-corrected chi connectivity index (χ4v) is 3.69. The fourth-order valence-electron chi connectivity index (χ4n) is 2.96. The molecule has 8 heteroatoms. The van der Waals surface area contributed by atoms with E-state index >= 15 is 0 Å². The van der Waals surface area contributed by atoms with E-state index in [0.717, 1.165) is 6.42 Å². The third-order valence-corrected chi connectivity index (χ3v) is 5.02. The van der Waals surface area contributed by atoms with Crippen molar-refractivity contribution in [3.63, 3.8) is 0 Å². The van der Waals surface area contributed by atoms with Gasteiger partial charge in [0.25, 0.3) is 5.56 Å². The van der Waals surface area contributed by atoms with Crippen molar-refractivity contribution in [3.8, 4) is 16.6 Å². The second-order valence-electron chi connectivity index (χ2n) is 6.04. The molecule has 0 bridgehead atoms. The Morgan fingerprint density at radius 2 is 2.20 bits per heavy atom. The summed E-state index contributed by atoms with van der Waals surface area (Å²) in [6.45, 7) is 2.01. The standard InChI is InChI=1S/C17H14F3N3OS/c1-9-4-5-10(7-9)22-15-13(17(18,19)20)11(8-21)16(24)23-14(15)12-3-2-6-25-12/h2-3,6,9H,4-5,7H2,1H3,(H,23,24). The molecular formula is C17H14F3N3OS. The van der Waals surface area contributed by atoms with Crippen molar-refractivity contribution in [2.24, 2.45) is 10.9 Å². The summed E-state index contributed by atoms with van der Waals surface area (Å²) < 4.78 is 41.0. The second-order valence-corrected chi connectivity index (χ2v) is 6.99. The molecule has 3 rings (SSSR count). The van der Waals surface area contributed by atoms with Gasteiger partial charge < -0.3 is 4.98 Å². The van der Waals surface area contributed by atoms with Gasteiger partial charge in [0.05, 0.1) is 10.6 Å². The minimum absolute atomic E-state index is 0.0124. The third-order valence-electron chi connectivity index (χ3n) is 4.13. The predicted molar refractivity (Wildman–Crippen MR) is 90.2 cm³/mol. The number of halogens is 3. The number of alkyl halides is 3. The van der Waals surface area contributed by atoms with Crippen LogP contribution in [-0.4, -0.2) is 10.7 Å². The smallest absolute Gasteiger partial charge is 0.318 e. The number of H-pyrrole nitrogens is 1. The molecule has 0 aliphatic heterocycles. The average molecular weight is 365 g/mol. The Balaban J connectivity index is 2.35. The molecule has 25 heavy (non-hydrogen) atoms. The summed E-state index contributed by atoms with van der Waals surface area (Å²) in [6, 6.07) is 4.68. The normalized spacial score (nSPS) is 19.3. The first-order valence-corrected chi connectivity index (χ1v) is 8.57. The second kappa shape index (κ2) is 6.48. The van der Waals surface area contributed by atoms with Crippen LogP contribution in [0.2, 0.25) is 0 Å². The molecule has 0 aromatic carbocycles. The van der Waals surface area contributed by atoms with E-state index in [1.165, 1.54) is 17.4 Å². The first-order valence-electron chi connectivity index (χ1n) is 7.69. The van der Waals surface area contributed by atoms with Crippen molar-refractivity contribution in [2.75, 3.05) is 0 Å². The van der Waals surface area contributed by atoms with Gasteiger partial charge in [0, 0.05) is 5.71 Å². The predicted octanol–water partition coefficient (Wildman–Crippen LogP) is 4.89. The molecule has 1 unspecified atom stereocenters. The van der Waals surface area contributed by atoms with E-state index in [2.05, 4.69) is 9.98 Å². The number of aliphatic imine (C=N–C) groups is 1. The molecule has 2 aromatic heterocycles. The van der Waals surface area contributed by atoms with Gasteiger partial charge in [-0.05, 0) is 36.6 Å².